The Morgan fingerprint density at radius 2 is 1.62 bits per heavy atom. The Hall–Kier alpha value is -3.68. The summed E-state index contributed by atoms with van der Waals surface area (Å²) in [6, 6.07) is 11.4. The number of benzene rings is 2. The van der Waals surface area contributed by atoms with Crippen molar-refractivity contribution in [3.8, 4) is 0 Å². The maximum absolute atomic E-state index is 12.5. The summed E-state index contributed by atoms with van der Waals surface area (Å²) >= 11 is 0. The quantitative estimate of drug-likeness (QED) is 0.617. The molecular formula is C21H24N6O2. The van der Waals surface area contributed by atoms with E-state index in [1.54, 1.807) is 6.07 Å². The zero-order valence-corrected chi connectivity index (χ0v) is 16.9. The Bertz CT molecular complexity index is 1070. The molecule has 0 atom stereocenters. The summed E-state index contributed by atoms with van der Waals surface area (Å²) in [4.78, 5) is 24.8. The molecule has 0 unspecified atom stereocenters. The maximum atomic E-state index is 12.5. The molecule has 1 aromatic heterocycles. The number of hydrogen-bond donors (Lipinski definition) is 3. The number of nitrogens with two attached hydrogens (primary N) is 1. The first-order valence-electron chi connectivity index (χ1n) is 9.18. The maximum Gasteiger partial charge on any atom is 0.280 e. The summed E-state index contributed by atoms with van der Waals surface area (Å²) in [6.45, 7) is 7.72. The first-order chi connectivity index (χ1) is 13.7. The van der Waals surface area contributed by atoms with Crippen molar-refractivity contribution in [2.24, 2.45) is 0 Å². The smallest absolute Gasteiger partial charge is 0.280 e. The second kappa shape index (κ2) is 8.14. The Balaban J connectivity index is 1.68. The van der Waals surface area contributed by atoms with Crippen molar-refractivity contribution in [2.75, 3.05) is 16.4 Å². The predicted molar refractivity (Wildman–Crippen MR) is 113 cm³/mol. The number of rotatable bonds is 5. The molecule has 0 aliphatic carbocycles. The highest BCUT2D eigenvalue weighted by atomic mass is 16.2. The van der Waals surface area contributed by atoms with Gasteiger partial charge in [0.1, 0.15) is 6.54 Å². The van der Waals surface area contributed by atoms with Crippen molar-refractivity contribution in [1.82, 2.24) is 15.0 Å². The van der Waals surface area contributed by atoms with Crippen molar-refractivity contribution < 1.29 is 9.59 Å². The van der Waals surface area contributed by atoms with Gasteiger partial charge < -0.3 is 16.4 Å². The molecule has 8 heteroatoms. The first kappa shape index (κ1) is 20.1. The first-order valence-corrected chi connectivity index (χ1v) is 9.18. The molecule has 2 amide bonds. The number of aromatic nitrogens is 3. The van der Waals surface area contributed by atoms with Crippen LogP contribution >= 0.6 is 0 Å². The minimum Gasteiger partial charge on any atom is -0.382 e. The van der Waals surface area contributed by atoms with Crippen LogP contribution in [0.4, 0.5) is 17.2 Å². The molecule has 0 aliphatic heterocycles. The standard InChI is InChI=1S/C21H24N6O2/c1-12-7-13(2)9-17(8-12)23-18(28)11-27-20(22)19(25-26-27)21(29)24-16-6-5-14(3)15(4)10-16/h5-10H,11,22H2,1-4H3,(H,23,28)(H,24,29). The van der Waals surface area contributed by atoms with E-state index in [0.29, 0.717) is 11.4 Å². The Morgan fingerprint density at radius 3 is 2.28 bits per heavy atom. The van der Waals surface area contributed by atoms with Crippen molar-refractivity contribution >= 4 is 29.0 Å². The van der Waals surface area contributed by atoms with Gasteiger partial charge in [0.15, 0.2) is 11.5 Å². The molecule has 0 aliphatic rings. The van der Waals surface area contributed by atoms with Gasteiger partial charge in [-0.05, 0) is 74.2 Å². The van der Waals surface area contributed by atoms with E-state index >= 15 is 0 Å². The highest BCUT2D eigenvalue weighted by molar-refractivity contribution is 6.05. The van der Waals surface area contributed by atoms with Gasteiger partial charge in [-0.25, -0.2) is 4.68 Å². The topological polar surface area (TPSA) is 115 Å². The number of nitrogens with zero attached hydrogens (tertiary/aromatic N) is 3. The van der Waals surface area contributed by atoms with Gasteiger partial charge in [0.05, 0.1) is 0 Å². The molecule has 3 aromatic rings. The van der Waals surface area contributed by atoms with Gasteiger partial charge in [0.25, 0.3) is 5.91 Å². The van der Waals surface area contributed by atoms with E-state index in [2.05, 4.69) is 20.9 Å². The van der Waals surface area contributed by atoms with Gasteiger partial charge in [-0.3, -0.25) is 9.59 Å². The summed E-state index contributed by atoms with van der Waals surface area (Å²) < 4.78 is 1.20. The van der Waals surface area contributed by atoms with E-state index < -0.39 is 5.91 Å². The van der Waals surface area contributed by atoms with Crippen LogP contribution in [0.1, 0.15) is 32.7 Å². The van der Waals surface area contributed by atoms with Gasteiger partial charge in [-0.2, -0.15) is 0 Å². The van der Waals surface area contributed by atoms with Gasteiger partial charge >= 0.3 is 0 Å². The van der Waals surface area contributed by atoms with Gasteiger partial charge in [-0.15, -0.1) is 5.10 Å². The lowest BCUT2D eigenvalue weighted by Crippen LogP contribution is -2.21. The summed E-state index contributed by atoms with van der Waals surface area (Å²) in [5, 5.41) is 13.2. The molecule has 4 N–H and O–H groups in total. The van der Waals surface area contributed by atoms with Crippen LogP contribution in [0.25, 0.3) is 0 Å². The monoisotopic (exact) mass is 392 g/mol. The number of aryl methyl sites for hydroxylation is 4. The average molecular weight is 392 g/mol. The molecule has 2 aromatic carbocycles. The molecule has 29 heavy (non-hydrogen) atoms. The fourth-order valence-corrected chi connectivity index (χ4v) is 2.99. The normalized spacial score (nSPS) is 10.6. The van der Waals surface area contributed by atoms with Crippen molar-refractivity contribution in [3.05, 3.63) is 64.3 Å². The number of anilines is 3. The van der Waals surface area contributed by atoms with E-state index in [0.717, 1.165) is 22.3 Å². The number of carbonyl (C=O) groups is 2. The number of nitrogens with one attached hydrogen (secondary N) is 2. The zero-order valence-electron chi connectivity index (χ0n) is 16.9. The second-order valence-corrected chi connectivity index (χ2v) is 7.16. The third kappa shape index (κ3) is 4.78. The van der Waals surface area contributed by atoms with E-state index in [-0.39, 0.29) is 24.0 Å². The molecule has 150 valence electrons. The number of carbonyl (C=O) groups excluding carboxylic acids is 2. The van der Waals surface area contributed by atoms with Crippen LogP contribution in [-0.2, 0) is 11.3 Å². The van der Waals surface area contributed by atoms with E-state index in [9.17, 15) is 9.59 Å². The number of hydrogen-bond acceptors (Lipinski definition) is 5. The van der Waals surface area contributed by atoms with Crippen LogP contribution in [0.3, 0.4) is 0 Å². The molecule has 0 saturated heterocycles. The van der Waals surface area contributed by atoms with E-state index in [1.165, 1.54) is 4.68 Å². The fraction of sp³-hybridized carbons (Fsp3) is 0.238. The average Bonchev–Trinajstić information content (AvgIpc) is 2.98. The lowest BCUT2D eigenvalue weighted by molar-refractivity contribution is -0.116. The van der Waals surface area contributed by atoms with Crippen LogP contribution in [0.15, 0.2) is 36.4 Å². The third-order valence-corrected chi connectivity index (χ3v) is 4.55. The largest absolute Gasteiger partial charge is 0.382 e. The van der Waals surface area contributed by atoms with Crippen LogP contribution in [0.2, 0.25) is 0 Å². The SMILES string of the molecule is Cc1cc(C)cc(NC(=O)Cn2nnc(C(=O)Nc3ccc(C)c(C)c3)c2N)c1. The van der Waals surface area contributed by atoms with E-state index in [4.69, 9.17) is 5.73 Å². The molecule has 0 radical (unpaired) electrons. The molecule has 0 fully saturated rings. The number of amides is 2. The minimum atomic E-state index is -0.480. The highest BCUT2D eigenvalue weighted by Crippen LogP contribution is 2.17. The summed E-state index contributed by atoms with van der Waals surface area (Å²) in [7, 11) is 0. The second-order valence-electron chi connectivity index (χ2n) is 7.16. The predicted octanol–water partition coefficient (Wildman–Crippen LogP) is 2.98. The molecule has 1 heterocycles. The molecule has 3 rings (SSSR count). The molecule has 0 saturated carbocycles. The third-order valence-electron chi connectivity index (χ3n) is 4.55. The Labute approximate surface area is 169 Å². The Morgan fingerprint density at radius 1 is 0.931 bits per heavy atom. The van der Waals surface area contributed by atoms with E-state index in [1.807, 2.05) is 58.0 Å². The van der Waals surface area contributed by atoms with Crippen molar-refractivity contribution in [1.29, 1.82) is 0 Å². The fourth-order valence-electron chi connectivity index (χ4n) is 2.99. The molecule has 0 bridgehead atoms. The molecular weight excluding hydrogens is 368 g/mol. The lowest BCUT2D eigenvalue weighted by atomic mass is 10.1. The minimum absolute atomic E-state index is 0.0255. The van der Waals surface area contributed by atoms with Gasteiger partial charge in [-0.1, -0.05) is 17.3 Å². The summed E-state index contributed by atoms with van der Waals surface area (Å²) in [5.41, 5.74) is 11.6. The van der Waals surface area contributed by atoms with Crippen LogP contribution < -0.4 is 16.4 Å². The lowest BCUT2D eigenvalue weighted by Gasteiger charge is -2.08. The Kier molecular flexibility index (Phi) is 5.63. The molecule has 8 nitrogen and oxygen atoms in total. The van der Waals surface area contributed by atoms with Gasteiger partial charge in [0.2, 0.25) is 5.91 Å². The zero-order chi connectivity index (χ0) is 21.1. The van der Waals surface area contributed by atoms with Crippen molar-refractivity contribution in [3.63, 3.8) is 0 Å². The van der Waals surface area contributed by atoms with Crippen LogP contribution in [-0.4, -0.2) is 26.8 Å². The molecule has 0 spiro atoms. The summed E-state index contributed by atoms with van der Waals surface area (Å²) in [5.74, 6) is -0.763. The van der Waals surface area contributed by atoms with Crippen LogP contribution in [0, 0.1) is 27.7 Å². The highest BCUT2D eigenvalue weighted by Gasteiger charge is 2.19. The summed E-state index contributed by atoms with van der Waals surface area (Å²) in [6.07, 6.45) is 0. The van der Waals surface area contributed by atoms with Crippen LogP contribution in [0.5, 0.6) is 0 Å². The van der Waals surface area contributed by atoms with Gasteiger partial charge in [0, 0.05) is 11.4 Å². The van der Waals surface area contributed by atoms with Crippen molar-refractivity contribution in [2.45, 2.75) is 34.2 Å². The number of nitrogen functional groups attached to an aromatic ring is 1.